The van der Waals surface area contributed by atoms with Crippen molar-refractivity contribution in [2.45, 2.75) is 71.2 Å². The summed E-state index contributed by atoms with van der Waals surface area (Å²) in [6, 6.07) is 0. The molecule has 0 radical (unpaired) electrons. The summed E-state index contributed by atoms with van der Waals surface area (Å²) < 4.78 is 12.3. The highest BCUT2D eigenvalue weighted by atomic mass is 16.7. The fourth-order valence-corrected chi connectivity index (χ4v) is 4.11. The van der Waals surface area contributed by atoms with Crippen LogP contribution in [-0.2, 0) is 9.47 Å². The van der Waals surface area contributed by atoms with E-state index < -0.39 is 0 Å². The molecule has 0 aromatic carbocycles. The first kappa shape index (κ1) is 12.0. The van der Waals surface area contributed by atoms with Crippen LogP contribution in [0.4, 0.5) is 0 Å². The zero-order valence-corrected chi connectivity index (χ0v) is 11.7. The van der Waals surface area contributed by atoms with Crippen LogP contribution in [0.3, 0.4) is 0 Å². The Labute approximate surface area is 105 Å². The lowest BCUT2D eigenvalue weighted by Crippen LogP contribution is -2.53. The van der Waals surface area contributed by atoms with E-state index in [1.54, 1.807) is 0 Å². The molecular weight excluding hydrogens is 212 g/mol. The Morgan fingerprint density at radius 2 is 1.88 bits per heavy atom. The van der Waals surface area contributed by atoms with E-state index in [0.29, 0.717) is 11.3 Å². The Morgan fingerprint density at radius 1 is 1.12 bits per heavy atom. The van der Waals surface area contributed by atoms with Gasteiger partial charge in [0.15, 0.2) is 5.79 Å². The average Bonchev–Trinajstić information content (AvgIpc) is 2.48. The fraction of sp³-hybridized carbons (Fsp3) is 1.00. The summed E-state index contributed by atoms with van der Waals surface area (Å²) >= 11 is 0. The molecule has 3 rings (SSSR count). The van der Waals surface area contributed by atoms with Crippen molar-refractivity contribution in [1.82, 2.24) is 0 Å². The van der Waals surface area contributed by atoms with Crippen molar-refractivity contribution in [3.8, 4) is 0 Å². The first-order valence-electron chi connectivity index (χ1n) is 7.17. The zero-order valence-electron chi connectivity index (χ0n) is 11.7. The van der Waals surface area contributed by atoms with E-state index >= 15 is 0 Å². The molecular formula is C15H26O2. The first-order valence-corrected chi connectivity index (χ1v) is 7.17. The molecule has 3 aliphatic rings. The third kappa shape index (κ3) is 1.84. The summed E-state index contributed by atoms with van der Waals surface area (Å²) in [7, 11) is 0. The number of fused-ring (bicyclic) bond motifs is 1. The Balaban J connectivity index is 1.83. The van der Waals surface area contributed by atoms with Crippen LogP contribution in [0.2, 0.25) is 0 Å². The molecule has 2 aliphatic heterocycles. The van der Waals surface area contributed by atoms with E-state index in [0.717, 1.165) is 18.9 Å². The topological polar surface area (TPSA) is 18.5 Å². The van der Waals surface area contributed by atoms with Gasteiger partial charge in [-0.3, -0.25) is 0 Å². The molecule has 0 amide bonds. The van der Waals surface area contributed by atoms with Gasteiger partial charge in [0, 0.05) is 12.3 Å². The van der Waals surface area contributed by atoms with Gasteiger partial charge in [0.2, 0.25) is 0 Å². The van der Waals surface area contributed by atoms with Crippen molar-refractivity contribution in [3.63, 3.8) is 0 Å². The van der Waals surface area contributed by atoms with E-state index in [1.807, 2.05) is 0 Å². The Bertz CT molecular complexity index is 319. The van der Waals surface area contributed by atoms with Gasteiger partial charge in [0.1, 0.15) is 0 Å². The van der Waals surface area contributed by atoms with Crippen LogP contribution in [0.25, 0.3) is 0 Å². The molecule has 2 heteroatoms. The van der Waals surface area contributed by atoms with Crippen molar-refractivity contribution >= 4 is 0 Å². The molecule has 2 saturated heterocycles. The molecule has 1 aliphatic carbocycles. The van der Waals surface area contributed by atoms with Gasteiger partial charge < -0.3 is 9.47 Å². The molecule has 98 valence electrons. The lowest BCUT2D eigenvalue weighted by atomic mass is 9.63. The smallest absolute Gasteiger partial charge is 0.166 e. The third-order valence-corrected chi connectivity index (χ3v) is 5.44. The minimum Gasteiger partial charge on any atom is -0.350 e. The highest BCUT2D eigenvalue weighted by Crippen LogP contribution is 2.56. The monoisotopic (exact) mass is 238 g/mol. The van der Waals surface area contributed by atoms with Gasteiger partial charge in [-0.05, 0) is 43.9 Å². The Morgan fingerprint density at radius 3 is 2.59 bits per heavy atom. The number of hydrogen-bond donors (Lipinski definition) is 0. The maximum atomic E-state index is 6.38. The molecule has 0 N–H and O–H groups in total. The molecule has 1 unspecified atom stereocenters. The molecule has 4 atom stereocenters. The second-order valence-electron chi connectivity index (χ2n) is 7.65. The molecule has 2 bridgehead atoms. The number of rotatable bonds is 0. The van der Waals surface area contributed by atoms with Crippen LogP contribution >= 0.6 is 0 Å². The molecule has 1 spiro atoms. The van der Waals surface area contributed by atoms with E-state index in [4.69, 9.17) is 9.47 Å². The van der Waals surface area contributed by atoms with Crippen LogP contribution in [0, 0.1) is 17.3 Å². The van der Waals surface area contributed by atoms with E-state index in [2.05, 4.69) is 27.7 Å². The van der Waals surface area contributed by atoms with Crippen molar-refractivity contribution in [2.24, 2.45) is 17.3 Å². The molecule has 2 nitrogen and oxygen atoms in total. The maximum absolute atomic E-state index is 6.38. The van der Waals surface area contributed by atoms with E-state index in [1.165, 1.54) is 25.7 Å². The van der Waals surface area contributed by atoms with Crippen molar-refractivity contribution < 1.29 is 9.47 Å². The summed E-state index contributed by atoms with van der Waals surface area (Å²) in [5.41, 5.74) is 0.573. The molecule has 3 fully saturated rings. The summed E-state index contributed by atoms with van der Waals surface area (Å²) in [4.78, 5) is 0. The van der Waals surface area contributed by atoms with Gasteiger partial charge in [0.25, 0.3) is 0 Å². The molecule has 0 aromatic rings. The maximum Gasteiger partial charge on any atom is 0.166 e. The van der Waals surface area contributed by atoms with Crippen molar-refractivity contribution in [1.29, 1.82) is 0 Å². The van der Waals surface area contributed by atoms with Crippen molar-refractivity contribution in [3.05, 3.63) is 0 Å². The van der Waals surface area contributed by atoms with E-state index in [9.17, 15) is 0 Å². The molecule has 0 aromatic heterocycles. The van der Waals surface area contributed by atoms with Crippen LogP contribution in [0.1, 0.15) is 59.8 Å². The van der Waals surface area contributed by atoms with Gasteiger partial charge in [-0.25, -0.2) is 0 Å². The van der Waals surface area contributed by atoms with Gasteiger partial charge in [-0.15, -0.1) is 0 Å². The third-order valence-electron chi connectivity index (χ3n) is 5.44. The highest BCUT2D eigenvalue weighted by Gasteiger charge is 2.58. The normalized spacial score (nSPS) is 50.1. The van der Waals surface area contributed by atoms with Crippen LogP contribution in [-0.4, -0.2) is 18.0 Å². The van der Waals surface area contributed by atoms with Gasteiger partial charge in [-0.1, -0.05) is 20.8 Å². The summed E-state index contributed by atoms with van der Waals surface area (Å²) in [6.07, 6.45) is 6.18. The largest absolute Gasteiger partial charge is 0.350 e. The minimum absolute atomic E-state index is 0.156. The van der Waals surface area contributed by atoms with Gasteiger partial charge >= 0.3 is 0 Å². The van der Waals surface area contributed by atoms with Gasteiger partial charge in [0.05, 0.1) is 12.2 Å². The fourth-order valence-electron chi connectivity index (χ4n) is 4.11. The summed E-state index contributed by atoms with van der Waals surface area (Å²) in [5.74, 6) is 1.19. The molecule has 1 saturated carbocycles. The molecule has 17 heavy (non-hydrogen) atoms. The predicted octanol–water partition coefficient (Wildman–Crippen LogP) is 3.74. The highest BCUT2D eigenvalue weighted by molar-refractivity contribution is 5.04. The number of ether oxygens (including phenoxy) is 2. The van der Waals surface area contributed by atoms with E-state index in [-0.39, 0.29) is 11.4 Å². The Hall–Kier alpha value is -0.0800. The summed E-state index contributed by atoms with van der Waals surface area (Å²) in [5, 5.41) is 0. The van der Waals surface area contributed by atoms with Crippen LogP contribution in [0.15, 0.2) is 0 Å². The summed E-state index contributed by atoms with van der Waals surface area (Å²) in [6.45, 7) is 10.2. The lowest BCUT2D eigenvalue weighted by Gasteiger charge is -2.51. The van der Waals surface area contributed by atoms with Crippen LogP contribution < -0.4 is 0 Å². The standard InChI is InChI=1S/C15H26O2/c1-13(2,3)11-5-6-12-10-16-14(4)7-8-15(12,9-11)17-14/h11-12H,5-10H2,1-4H3/t11-,12+,14?,15-/m1/s1. The average molecular weight is 238 g/mol. The second-order valence-corrected chi connectivity index (χ2v) is 7.65. The SMILES string of the molecule is CC12CC[C@]3(C[C@H](C(C)(C)C)CC[C@H]3CO1)O2. The lowest BCUT2D eigenvalue weighted by molar-refractivity contribution is -0.313. The Kier molecular flexibility index (Phi) is 2.45. The first-order chi connectivity index (χ1) is 7.83. The van der Waals surface area contributed by atoms with Gasteiger partial charge in [-0.2, -0.15) is 0 Å². The minimum atomic E-state index is -0.268. The second kappa shape index (κ2) is 3.48. The molecule has 2 heterocycles. The van der Waals surface area contributed by atoms with Crippen molar-refractivity contribution in [2.75, 3.05) is 6.61 Å². The van der Waals surface area contributed by atoms with Crippen LogP contribution in [0.5, 0.6) is 0 Å². The quantitative estimate of drug-likeness (QED) is 0.640. The number of hydrogen-bond acceptors (Lipinski definition) is 2. The predicted molar refractivity (Wildman–Crippen MR) is 67.7 cm³/mol. The zero-order chi connectivity index (χ0) is 12.3.